The molecule has 0 saturated carbocycles. The second-order valence-electron chi connectivity index (χ2n) is 6.96. The normalized spacial score (nSPS) is 14.8. The van der Waals surface area contributed by atoms with Crippen molar-refractivity contribution in [2.24, 2.45) is 0 Å². The van der Waals surface area contributed by atoms with Gasteiger partial charge in [0.2, 0.25) is 0 Å². The average molecular weight is 415 g/mol. The Morgan fingerprint density at radius 1 is 1.16 bits per heavy atom. The third-order valence-corrected chi connectivity index (χ3v) is 5.18. The Bertz CT molecular complexity index is 1200. The number of benzene rings is 2. The molecule has 3 aromatic rings. The van der Waals surface area contributed by atoms with Crippen LogP contribution in [0.2, 0.25) is 0 Å². The molecule has 4 rings (SSSR count). The van der Waals surface area contributed by atoms with Crippen LogP contribution in [-0.2, 0) is 4.79 Å². The number of rotatable bonds is 5. The van der Waals surface area contributed by atoms with Crippen LogP contribution >= 0.6 is 0 Å². The van der Waals surface area contributed by atoms with E-state index in [9.17, 15) is 10.1 Å². The van der Waals surface area contributed by atoms with Crippen molar-refractivity contribution < 1.29 is 14.3 Å². The zero-order chi connectivity index (χ0) is 22.0. The summed E-state index contributed by atoms with van der Waals surface area (Å²) in [6.45, 7) is 1.81. The summed E-state index contributed by atoms with van der Waals surface area (Å²) in [6, 6.07) is 16.3. The molecule has 31 heavy (non-hydrogen) atoms. The van der Waals surface area contributed by atoms with Crippen molar-refractivity contribution in [2.45, 2.75) is 13.0 Å². The number of hydrogen-bond acceptors (Lipinski definition) is 6. The van der Waals surface area contributed by atoms with E-state index in [1.165, 1.54) is 6.20 Å². The zero-order valence-electron chi connectivity index (χ0n) is 17.3. The number of ether oxygens (including phenoxy) is 2. The maximum absolute atomic E-state index is 13.4. The Kier molecular flexibility index (Phi) is 5.33. The number of allylic oxidation sites excluding steroid dienone is 1. The Hall–Kier alpha value is -4.25. The minimum absolute atomic E-state index is 0.296. The fourth-order valence-corrected chi connectivity index (χ4v) is 3.66. The molecular formula is C23H21N5O3. The number of nitrogens with one attached hydrogen (secondary N) is 2. The molecule has 2 aromatic carbocycles. The van der Waals surface area contributed by atoms with Crippen LogP contribution in [0.1, 0.15) is 24.1 Å². The van der Waals surface area contributed by atoms with E-state index in [2.05, 4.69) is 21.8 Å². The van der Waals surface area contributed by atoms with E-state index in [-0.39, 0.29) is 5.91 Å². The highest BCUT2D eigenvalue weighted by atomic mass is 16.5. The molecule has 0 bridgehead atoms. The maximum Gasteiger partial charge on any atom is 0.255 e. The molecule has 0 saturated heterocycles. The van der Waals surface area contributed by atoms with Crippen molar-refractivity contribution in [3.63, 3.8) is 0 Å². The molecule has 2 heterocycles. The molecular weight excluding hydrogens is 394 g/mol. The highest BCUT2D eigenvalue weighted by Gasteiger charge is 2.34. The van der Waals surface area contributed by atoms with Gasteiger partial charge in [0.1, 0.15) is 35.0 Å². The summed E-state index contributed by atoms with van der Waals surface area (Å²) in [7, 11) is 3.15. The monoisotopic (exact) mass is 415 g/mol. The molecule has 2 N–H and O–H groups in total. The van der Waals surface area contributed by atoms with Crippen LogP contribution in [-0.4, -0.2) is 29.9 Å². The summed E-state index contributed by atoms with van der Waals surface area (Å²) in [6.07, 6.45) is 1.49. The minimum Gasteiger partial charge on any atom is -0.497 e. The number of fused-ring (bicyclic) bond motifs is 1. The minimum atomic E-state index is -0.529. The average Bonchev–Trinajstić information content (AvgIpc) is 3.21. The largest absolute Gasteiger partial charge is 0.497 e. The lowest BCUT2D eigenvalue weighted by molar-refractivity contribution is -0.113. The molecule has 8 nitrogen and oxygen atoms in total. The van der Waals surface area contributed by atoms with E-state index in [1.807, 2.05) is 43.3 Å². The highest BCUT2D eigenvalue weighted by molar-refractivity contribution is 6.06. The number of aromatic nitrogens is 2. The van der Waals surface area contributed by atoms with Gasteiger partial charge in [0.15, 0.2) is 0 Å². The zero-order valence-corrected chi connectivity index (χ0v) is 17.3. The molecule has 1 amide bonds. The number of nitrogens with zero attached hydrogens (tertiary/aromatic N) is 3. The van der Waals surface area contributed by atoms with Crippen LogP contribution in [0.5, 0.6) is 11.5 Å². The third kappa shape index (κ3) is 3.57. The maximum atomic E-state index is 13.4. The number of methoxy groups -OCH3 is 2. The fraction of sp³-hybridized carbons (Fsp3) is 0.174. The van der Waals surface area contributed by atoms with Gasteiger partial charge in [-0.05, 0) is 36.8 Å². The van der Waals surface area contributed by atoms with Gasteiger partial charge in [-0.1, -0.05) is 24.3 Å². The number of anilines is 2. The SMILES string of the molecule is COc1ccc([C@@H]2C(C(=O)Nc3ccccc3OC)=C(C)Nc3c(C#N)cnn32)cc1. The van der Waals surface area contributed by atoms with Gasteiger partial charge in [-0.15, -0.1) is 0 Å². The van der Waals surface area contributed by atoms with Crippen molar-refractivity contribution in [1.29, 1.82) is 5.26 Å². The molecule has 0 fully saturated rings. The van der Waals surface area contributed by atoms with Crippen molar-refractivity contribution in [1.82, 2.24) is 9.78 Å². The number of para-hydroxylation sites is 2. The number of hydrogen-bond donors (Lipinski definition) is 2. The van der Waals surface area contributed by atoms with E-state index in [4.69, 9.17) is 9.47 Å². The lowest BCUT2D eigenvalue weighted by atomic mass is 9.94. The second-order valence-corrected chi connectivity index (χ2v) is 6.96. The van der Waals surface area contributed by atoms with Gasteiger partial charge in [0.25, 0.3) is 5.91 Å². The summed E-state index contributed by atoms with van der Waals surface area (Å²) in [5, 5.41) is 20.0. The Morgan fingerprint density at radius 2 is 1.90 bits per heavy atom. The molecule has 156 valence electrons. The Labute approximate surface area is 179 Å². The Balaban J connectivity index is 1.80. The van der Waals surface area contributed by atoms with Gasteiger partial charge in [-0.3, -0.25) is 4.79 Å². The lowest BCUT2D eigenvalue weighted by Gasteiger charge is -2.30. The van der Waals surface area contributed by atoms with Crippen molar-refractivity contribution >= 4 is 17.4 Å². The molecule has 0 radical (unpaired) electrons. The molecule has 0 aliphatic carbocycles. The Morgan fingerprint density at radius 3 is 2.58 bits per heavy atom. The molecule has 1 aromatic heterocycles. The lowest BCUT2D eigenvalue weighted by Crippen LogP contribution is -2.31. The first kappa shape index (κ1) is 20.0. The highest BCUT2D eigenvalue weighted by Crippen LogP contribution is 2.38. The summed E-state index contributed by atoms with van der Waals surface area (Å²) < 4.78 is 12.3. The predicted molar refractivity (Wildman–Crippen MR) is 116 cm³/mol. The number of amides is 1. The smallest absolute Gasteiger partial charge is 0.255 e. The first-order valence-electron chi connectivity index (χ1n) is 9.61. The first-order valence-corrected chi connectivity index (χ1v) is 9.61. The molecule has 1 aliphatic rings. The van der Waals surface area contributed by atoms with Crippen LogP contribution < -0.4 is 20.1 Å². The van der Waals surface area contributed by atoms with Crippen LogP contribution in [0.4, 0.5) is 11.5 Å². The molecule has 8 heteroatoms. The topological polar surface area (TPSA) is 101 Å². The van der Waals surface area contributed by atoms with Gasteiger partial charge in [-0.2, -0.15) is 10.4 Å². The molecule has 1 aliphatic heterocycles. The van der Waals surface area contributed by atoms with Crippen molar-refractivity contribution in [2.75, 3.05) is 24.9 Å². The molecule has 1 atom stereocenters. The van der Waals surface area contributed by atoms with Crippen molar-refractivity contribution in [3.8, 4) is 17.6 Å². The van der Waals surface area contributed by atoms with E-state index in [0.29, 0.717) is 39.8 Å². The van der Waals surface area contributed by atoms with Crippen molar-refractivity contribution in [3.05, 3.63) is 77.1 Å². The van der Waals surface area contributed by atoms with Gasteiger partial charge in [0, 0.05) is 5.70 Å². The van der Waals surface area contributed by atoms with Gasteiger partial charge in [0.05, 0.1) is 31.7 Å². The van der Waals surface area contributed by atoms with E-state index in [1.54, 1.807) is 31.0 Å². The van der Waals surface area contributed by atoms with Crippen LogP contribution in [0, 0.1) is 11.3 Å². The van der Waals surface area contributed by atoms with Gasteiger partial charge in [-0.25, -0.2) is 4.68 Å². The van der Waals surface area contributed by atoms with E-state index in [0.717, 1.165) is 5.56 Å². The third-order valence-electron chi connectivity index (χ3n) is 5.18. The van der Waals surface area contributed by atoms with E-state index >= 15 is 0 Å². The van der Waals surface area contributed by atoms with Crippen LogP contribution in [0.3, 0.4) is 0 Å². The summed E-state index contributed by atoms with van der Waals surface area (Å²) in [4.78, 5) is 13.4. The van der Waals surface area contributed by atoms with Crippen LogP contribution in [0.25, 0.3) is 0 Å². The van der Waals surface area contributed by atoms with Gasteiger partial charge < -0.3 is 20.1 Å². The molecule has 0 spiro atoms. The second kappa shape index (κ2) is 8.24. The molecule has 0 unspecified atom stereocenters. The predicted octanol–water partition coefficient (Wildman–Crippen LogP) is 3.70. The van der Waals surface area contributed by atoms with Gasteiger partial charge >= 0.3 is 0 Å². The number of carbonyl (C=O) groups excluding carboxylic acids is 1. The summed E-state index contributed by atoms with van der Waals surface area (Å²) in [5.41, 5.74) is 2.92. The van der Waals surface area contributed by atoms with E-state index < -0.39 is 6.04 Å². The van der Waals surface area contributed by atoms with Crippen LogP contribution in [0.15, 0.2) is 66.0 Å². The number of carbonyl (C=O) groups is 1. The summed E-state index contributed by atoms with van der Waals surface area (Å²) in [5.74, 6) is 1.52. The summed E-state index contributed by atoms with van der Waals surface area (Å²) >= 11 is 0. The first-order chi connectivity index (χ1) is 15.1. The fourth-order valence-electron chi connectivity index (χ4n) is 3.66. The quantitative estimate of drug-likeness (QED) is 0.659. The number of nitriles is 1. The standard InChI is InChI=1S/C23H21N5O3/c1-14-20(23(29)27-18-6-4-5-7-19(18)31-3)21(15-8-10-17(30-2)11-9-15)28-22(26-14)16(12-24)13-25-28/h4-11,13,21,26H,1-3H3,(H,27,29)/t21-/m1/s1.